The fourth-order valence-corrected chi connectivity index (χ4v) is 2.07. The number of guanidine groups is 1. The summed E-state index contributed by atoms with van der Waals surface area (Å²) in [5, 5.41) is 9.07. The molecule has 0 unspecified atom stereocenters. The number of hydrogen-bond acceptors (Lipinski definition) is 5. The van der Waals surface area contributed by atoms with Gasteiger partial charge in [-0.05, 0) is 12.1 Å². The molecule has 0 aromatic carbocycles. The third kappa shape index (κ3) is 7.53. The van der Waals surface area contributed by atoms with Gasteiger partial charge in [0.25, 0.3) is 5.91 Å². The van der Waals surface area contributed by atoms with Gasteiger partial charge in [0.15, 0.2) is 5.96 Å². The van der Waals surface area contributed by atoms with Crippen LogP contribution in [0.3, 0.4) is 0 Å². The normalized spacial score (nSPS) is 11.5. The number of amides is 1. The monoisotopic (exact) mass is 486 g/mol. The molecule has 2 heterocycles. The van der Waals surface area contributed by atoms with Gasteiger partial charge in [-0.15, -0.1) is 24.0 Å². The van der Waals surface area contributed by atoms with Crippen LogP contribution in [0.2, 0.25) is 0 Å². The fraction of sp³-hybridized carbons (Fsp3) is 0.444. The number of carbonyl (C=O) groups is 1. The van der Waals surface area contributed by atoms with Crippen LogP contribution in [-0.4, -0.2) is 42.0 Å². The van der Waals surface area contributed by atoms with Crippen molar-refractivity contribution in [2.24, 2.45) is 4.99 Å². The molecule has 0 fully saturated rings. The summed E-state index contributed by atoms with van der Waals surface area (Å²) in [6, 6.07) is 3.45. The highest BCUT2D eigenvalue weighted by atomic mass is 127. The molecule has 148 valence electrons. The lowest BCUT2D eigenvalue weighted by Crippen LogP contribution is -2.41. The average molecular weight is 486 g/mol. The van der Waals surface area contributed by atoms with Crippen molar-refractivity contribution in [3.8, 4) is 0 Å². The maximum Gasteiger partial charge on any atom is 0.252 e. The summed E-state index contributed by atoms with van der Waals surface area (Å²) in [4.78, 5) is 24.2. The summed E-state index contributed by atoms with van der Waals surface area (Å²) in [6.45, 7) is 7.64. The van der Waals surface area contributed by atoms with Crippen LogP contribution in [0.5, 0.6) is 0 Å². The van der Waals surface area contributed by atoms with E-state index in [9.17, 15) is 4.79 Å². The highest BCUT2D eigenvalue weighted by Crippen LogP contribution is 2.22. The van der Waals surface area contributed by atoms with Crippen molar-refractivity contribution in [3.05, 3.63) is 47.9 Å². The molecular weight excluding hydrogens is 459 g/mol. The maximum atomic E-state index is 11.9. The molecule has 2 rings (SSSR count). The second kappa shape index (κ2) is 10.9. The van der Waals surface area contributed by atoms with Gasteiger partial charge in [0, 0.05) is 37.9 Å². The molecule has 2 aromatic heterocycles. The zero-order chi connectivity index (χ0) is 19.0. The van der Waals surface area contributed by atoms with E-state index in [1.807, 2.05) is 0 Å². The SMILES string of the molecule is CN=C(NCCNC(=O)c1cccnc1)NCc1ncc(C(C)(C)C)o1.I. The van der Waals surface area contributed by atoms with E-state index >= 15 is 0 Å². The van der Waals surface area contributed by atoms with Gasteiger partial charge >= 0.3 is 0 Å². The Morgan fingerprint density at radius 3 is 2.52 bits per heavy atom. The Morgan fingerprint density at radius 2 is 1.93 bits per heavy atom. The predicted octanol–water partition coefficient (Wildman–Crippen LogP) is 2.08. The van der Waals surface area contributed by atoms with E-state index in [1.165, 1.54) is 6.20 Å². The summed E-state index contributed by atoms with van der Waals surface area (Å²) in [5.74, 6) is 1.89. The molecule has 0 radical (unpaired) electrons. The average Bonchev–Trinajstić information content (AvgIpc) is 3.11. The van der Waals surface area contributed by atoms with Gasteiger partial charge in [0.1, 0.15) is 5.76 Å². The van der Waals surface area contributed by atoms with Gasteiger partial charge in [-0.3, -0.25) is 14.8 Å². The van der Waals surface area contributed by atoms with E-state index in [0.717, 1.165) is 5.76 Å². The Morgan fingerprint density at radius 1 is 1.19 bits per heavy atom. The third-order valence-electron chi connectivity index (χ3n) is 3.55. The molecule has 0 aliphatic rings. The molecule has 0 atom stereocenters. The molecule has 3 N–H and O–H groups in total. The van der Waals surface area contributed by atoms with Crippen LogP contribution in [0.15, 0.2) is 40.1 Å². The first-order valence-electron chi connectivity index (χ1n) is 8.48. The van der Waals surface area contributed by atoms with Crippen LogP contribution in [0.1, 0.15) is 42.8 Å². The lowest BCUT2D eigenvalue weighted by Gasteiger charge is -2.13. The molecule has 0 spiro atoms. The van der Waals surface area contributed by atoms with Crippen LogP contribution in [0.25, 0.3) is 0 Å². The first-order chi connectivity index (χ1) is 12.4. The van der Waals surface area contributed by atoms with Crippen molar-refractivity contribution >= 4 is 35.8 Å². The lowest BCUT2D eigenvalue weighted by molar-refractivity contribution is 0.0954. The van der Waals surface area contributed by atoms with Crippen LogP contribution in [0.4, 0.5) is 0 Å². The largest absolute Gasteiger partial charge is 0.443 e. The molecule has 0 saturated heterocycles. The third-order valence-corrected chi connectivity index (χ3v) is 3.55. The Kier molecular flexibility index (Phi) is 9.19. The Bertz CT molecular complexity index is 740. The fourth-order valence-electron chi connectivity index (χ4n) is 2.07. The minimum absolute atomic E-state index is 0. The zero-order valence-electron chi connectivity index (χ0n) is 16.1. The number of rotatable bonds is 6. The molecule has 2 aromatic rings. The molecule has 27 heavy (non-hydrogen) atoms. The summed E-state index contributed by atoms with van der Waals surface area (Å²) in [5.41, 5.74) is 0.464. The van der Waals surface area contributed by atoms with Gasteiger partial charge in [-0.2, -0.15) is 0 Å². The number of aromatic nitrogens is 2. The molecule has 0 saturated carbocycles. The standard InChI is InChI=1S/C18H26N6O2.HI/c1-18(2,3)14-11-23-15(26-14)12-24-17(19-4)22-9-8-21-16(25)13-6-5-7-20-10-13;/h5-7,10-11H,8-9,12H2,1-4H3,(H,21,25)(H2,19,22,24);1H. The van der Waals surface area contributed by atoms with Gasteiger partial charge in [0.05, 0.1) is 18.3 Å². The number of pyridine rings is 1. The first-order valence-corrected chi connectivity index (χ1v) is 8.48. The minimum Gasteiger partial charge on any atom is -0.443 e. The highest BCUT2D eigenvalue weighted by molar-refractivity contribution is 14.0. The van der Waals surface area contributed by atoms with Crippen molar-refractivity contribution in [2.75, 3.05) is 20.1 Å². The number of aliphatic imine (C=N–C) groups is 1. The molecule has 1 amide bonds. The molecular formula is C18H27IN6O2. The van der Waals surface area contributed by atoms with Crippen LogP contribution in [0, 0.1) is 0 Å². The molecule has 0 bridgehead atoms. The van der Waals surface area contributed by atoms with E-state index in [2.05, 4.69) is 51.7 Å². The lowest BCUT2D eigenvalue weighted by atomic mass is 9.94. The van der Waals surface area contributed by atoms with Crippen LogP contribution >= 0.6 is 24.0 Å². The molecule has 0 aliphatic heterocycles. The zero-order valence-corrected chi connectivity index (χ0v) is 18.4. The maximum absolute atomic E-state index is 11.9. The summed E-state index contributed by atoms with van der Waals surface area (Å²) in [6.07, 6.45) is 4.92. The van der Waals surface area contributed by atoms with E-state index in [4.69, 9.17) is 4.42 Å². The predicted molar refractivity (Wildman–Crippen MR) is 115 cm³/mol. The number of nitrogens with one attached hydrogen (secondary N) is 3. The Balaban J connectivity index is 0.00000364. The summed E-state index contributed by atoms with van der Waals surface area (Å²) >= 11 is 0. The number of carbonyl (C=O) groups excluding carboxylic acids is 1. The van der Waals surface area contributed by atoms with Crippen molar-refractivity contribution in [3.63, 3.8) is 0 Å². The second-order valence-corrected chi connectivity index (χ2v) is 6.72. The molecule has 0 aliphatic carbocycles. The van der Waals surface area contributed by atoms with Crippen molar-refractivity contribution in [1.29, 1.82) is 0 Å². The van der Waals surface area contributed by atoms with Gasteiger partial charge in [-0.1, -0.05) is 20.8 Å². The van der Waals surface area contributed by atoms with Gasteiger partial charge in [-0.25, -0.2) is 4.98 Å². The number of hydrogen-bond donors (Lipinski definition) is 3. The van der Waals surface area contributed by atoms with E-state index < -0.39 is 0 Å². The number of nitrogens with zero attached hydrogens (tertiary/aromatic N) is 3. The van der Waals surface area contributed by atoms with Crippen molar-refractivity contribution in [2.45, 2.75) is 32.7 Å². The van der Waals surface area contributed by atoms with Crippen molar-refractivity contribution in [1.82, 2.24) is 25.9 Å². The Labute approximate surface area is 176 Å². The van der Waals surface area contributed by atoms with E-state index in [1.54, 1.807) is 31.6 Å². The summed E-state index contributed by atoms with van der Waals surface area (Å²) < 4.78 is 5.73. The quantitative estimate of drug-likeness (QED) is 0.250. The Hall–Kier alpha value is -2.17. The van der Waals surface area contributed by atoms with Crippen LogP contribution in [-0.2, 0) is 12.0 Å². The number of oxazole rings is 1. The molecule has 9 heteroatoms. The number of halogens is 1. The highest BCUT2D eigenvalue weighted by Gasteiger charge is 2.19. The van der Waals surface area contributed by atoms with E-state index in [-0.39, 0.29) is 35.3 Å². The second-order valence-electron chi connectivity index (χ2n) is 6.72. The first kappa shape index (κ1) is 22.9. The molecule has 8 nitrogen and oxygen atoms in total. The van der Waals surface area contributed by atoms with Gasteiger partial charge < -0.3 is 20.4 Å². The van der Waals surface area contributed by atoms with Gasteiger partial charge in [0.2, 0.25) is 5.89 Å². The topological polar surface area (TPSA) is 104 Å². The smallest absolute Gasteiger partial charge is 0.252 e. The minimum atomic E-state index is -0.155. The van der Waals surface area contributed by atoms with Crippen LogP contribution < -0.4 is 16.0 Å². The summed E-state index contributed by atoms with van der Waals surface area (Å²) in [7, 11) is 1.68. The van der Waals surface area contributed by atoms with E-state index in [0.29, 0.717) is 37.0 Å². The van der Waals surface area contributed by atoms with Crippen molar-refractivity contribution < 1.29 is 9.21 Å².